The predicted octanol–water partition coefficient (Wildman–Crippen LogP) is 3.34. The van der Waals surface area contributed by atoms with Crippen LogP contribution >= 0.6 is 0 Å². The van der Waals surface area contributed by atoms with E-state index >= 15 is 0 Å². The summed E-state index contributed by atoms with van der Waals surface area (Å²) in [5.41, 5.74) is 12.3. The summed E-state index contributed by atoms with van der Waals surface area (Å²) in [5.74, 6) is -4.25. The largest absolute Gasteiger partial charge is 0.508 e. The molecule has 3 rings (SSSR count). The van der Waals surface area contributed by atoms with Crippen LogP contribution in [0.25, 0.3) is 0 Å². The van der Waals surface area contributed by atoms with E-state index in [9.17, 15) is 39.0 Å². The molecule has 2 aliphatic rings. The molecule has 1 aromatic rings. The molecule has 1 saturated heterocycles. The minimum absolute atomic E-state index is 0.0119. The van der Waals surface area contributed by atoms with Crippen molar-refractivity contribution in [3.63, 3.8) is 0 Å². The summed E-state index contributed by atoms with van der Waals surface area (Å²) in [4.78, 5) is 83.6. The Bertz CT molecular complexity index is 1610. The van der Waals surface area contributed by atoms with Gasteiger partial charge in [-0.2, -0.15) is 0 Å². The van der Waals surface area contributed by atoms with Gasteiger partial charge in [0.05, 0.1) is 5.54 Å². The molecule has 2 aliphatic heterocycles. The van der Waals surface area contributed by atoms with Crippen LogP contribution in [0.1, 0.15) is 129 Å². The summed E-state index contributed by atoms with van der Waals surface area (Å²) >= 11 is 0. The van der Waals surface area contributed by atoms with Crippen molar-refractivity contribution in [2.75, 3.05) is 13.1 Å². The zero-order chi connectivity index (χ0) is 43.7. The molecule has 7 atom stereocenters. The van der Waals surface area contributed by atoms with E-state index in [1.54, 1.807) is 32.0 Å². The molecule has 10 N–H and O–H groups in total. The Morgan fingerprint density at radius 1 is 1.00 bits per heavy atom. The number of allylic oxidation sites excluding steroid dienone is 2. The standard InChI is InChI=1S/C44H71N7O8/c1-6-29(4)37(40(55)48-34(42(57)58)25-28(2)3)50-38(53)33-27-30-20-21-36(52)31(26-30)17-12-10-8-7-9-11-14-22-44(5,46)43(59)49-32(18-13-15-23-45)41(56)51-24-16-19-35(51)39(54)47-33/h10,12,20-21,26,28-29,32-35,37,52H,6-9,11,13-19,22-25,27,45-46H2,1-5H3,(H,47,54)(H,48,55)(H,49,59)(H,50,53)(H,57,58)/t29-,32-,33+,34-,35-,37-,44-/m0/s1. The molecule has 0 saturated carbocycles. The summed E-state index contributed by atoms with van der Waals surface area (Å²) < 4.78 is 0. The number of aliphatic carboxylic acids is 1. The molecule has 0 aromatic heterocycles. The number of nitrogens with two attached hydrogens (primary N) is 2. The van der Waals surface area contributed by atoms with Gasteiger partial charge in [0.25, 0.3) is 0 Å². The van der Waals surface area contributed by atoms with Crippen LogP contribution in [0, 0.1) is 11.8 Å². The lowest BCUT2D eigenvalue weighted by Crippen LogP contribution is -2.61. The summed E-state index contributed by atoms with van der Waals surface area (Å²) in [7, 11) is 0. The Kier molecular flexibility index (Phi) is 19.8. The number of unbranched alkanes of at least 4 members (excludes halogenated alkanes) is 1. The van der Waals surface area contributed by atoms with Gasteiger partial charge in [0.15, 0.2) is 0 Å². The van der Waals surface area contributed by atoms with E-state index in [4.69, 9.17) is 11.5 Å². The van der Waals surface area contributed by atoms with E-state index in [1.807, 2.05) is 26.8 Å². The van der Waals surface area contributed by atoms with Gasteiger partial charge in [-0.05, 0) is 107 Å². The second kappa shape index (κ2) is 23.9. The molecule has 0 unspecified atom stereocenters. The maximum absolute atomic E-state index is 14.3. The van der Waals surface area contributed by atoms with Crippen LogP contribution < -0.4 is 32.7 Å². The van der Waals surface area contributed by atoms with E-state index in [0.717, 1.165) is 32.1 Å². The van der Waals surface area contributed by atoms with Gasteiger partial charge in [-0.3, -0.25) is 24.0 Å². The summed E-state index contributed by atoms with van der Waals surface area (Å²) in [6, 6.07) is -0.378. The van der Waals surface area contributed by atoms with Gasteiger partial charge in [-0.25, -0.2) is 4.79 Å². The van der Waals surface area contributed by atoms with Gasteiger partial charge >= 0.3 is 5.97 Å². The quantitative estimate of drug-likeness (QED) is 0.107. The average molecular weight is 826 g/mol. The Morgan fingerprint density at radius 3 is 2.41 bits per heavy atom. The van der Waals surface area contributed by atoms with E-state index in [2.05, 4.69) is 27.3 Å². The Hall–Kier alpha value is -4.50. The molecular weight excluding hydrogens is 755 g/mol. The number of hydrogen-bond acceptors (Lipinski definition) is 9. The normalized spacial score (nSPS) is 24.3. The van der Waals surface area contributed by atoms with Gasteiger partial charge in [0.2, 0.25) is 29.5 Å². The smallest absolute Gasteiger partial charge is 0.326 e. The number of phenolic OH excluding ortho intramolecular Hbond substituents is 1. The molecule has 1 fully saturated rings. The van der Waals surface area contributed by atoms with E-state index in [0.29, 0.717) is 69.0 Å². The van der Waals surface area contributed by atoms with Crippen molar-refractivity contribution < 1.29 is 39.0 Å². The lowest BCUT2D eigenvalue weighted by molar-refractivity contribution is -0.143. The molecule has 15 heteroatoms. The van der Waals surface area contributed by atoms with Crippen LogP contribution in [0.2, 0.25) is 0 Å². The highest BCUT2D eigenvalue weighted by atomic mass is 16.4. The Labute approximate surface area is 350 Å². The molecule has 330 valence electrons. The number of carbonyl (C=O) groups excluding carboxylic acids is 5. The second-order valence-corrected chi connectivity index (χ2v) is 17.2. The first-order chi connectivity index (χ1) is 28.0. The van der Waals surface area contributed by atoms with Crippen LogP contribution in [0.3, 0.4) is 0 Å². The molecule has 2 bridgehead atoms. The molecule has 5 amide bonds. The van der Waals surface area contributed by atoms with Crippen molar-refractivity contribution >= 4 is 35.5 Å². The minimum atomic E-state index is -1.22. The third kappa shape index (κ3) is 15.2. The average Bonchev–Trinajstić information content (AvgIpc) is 3.68. The molecule has 0 aliphatic carbocycles. The van der Waals surface area contributed by atoms with E-state index in [-0.39, 0.29) is 31.1 Å². The number of benzene rings is 1. The van der Waals surface area contributed by atoms with E-state index < -0.39 is 77.2 Å². The zero-order valence-electron chi connectivity index (χ0n) is 35.9. The number of phenols is 1. The second-order valence-electron chi connectivity index (χ2n) is 17.2. The van der Waals surface area contributed by atoms with Crippen molar-refractivity contribution in [2.24, 2.45) is 23.3 Å². The Balaban J connectivity index is 2.02. The monoisotopic (exact) mass is 826 g/mol. The number of carbonyl (C=O) groups is 6. The lowest BCUT2D eigenvalue weighted by atomic mass is 9.93. The number of amides is 5. The molecule has 0 spiro atoms. The number of carboxylic acid groups (broad SMARTS) is 1. The zero-order valence-corrected chi connectivity index (χ0v) is 35.9. The maximum atomic E-state index is 14.3. The highest BCUT2D eigenvalue weighted by Crippen LogP contribution is 2.24. The number of fused-ring (bicyclic) bond motifs is 3. The summed E-state index contributed by atoms with van der Waals surface area (Å²) in [6.07, 6.45) is 12.3. The van der Waals surface area contributed by atoms with Crippen LogP contribution in [-0.2, 0) is 41.6 Å². The maximum Gasteiger partial charge on any atom is 0.326 e. The van der Waals surface area contributed by atoms with Gasteiger partial charge in [0.1, 0.15) is 36.0 Å². The Morgan fingerprint density at radius 2 is 1.73 bits per heavy atom. The molecule has 0 radical (unpaired) electrons. The third-order valence-electron chi connectivity index (χ3n) is 11.6. The van der Waals surface area contributed by atoms with Gasteiger partial charge in [-0.1, -0.05) is 77.7 Å². The van der Waals surface area contributed by atoms with Crippen molar-refractivity contribution in [1.29, 1.82) is 0 Å². The third-order valence-corrected chi connectivity index (χ3v) is 11.6. The summed E-state index contributed by atoms with van der Waals surface area (Å²) in [6.45, 7) is 9.68. The first-order valence-electron chi connectivity index (χ1n) is 21.7. The fourth-order valence-electron chi connectivity index (χ4n) is 7.68. The number of hydrogen-bond donors (Lipinski definition) is 8. The van der Waals surface area contributed by atoms with Gasteiger partial charge in [-0.15, -0.1) is 0 Å². The topological polar surface area (TPSA) is 246 Å². The minimum Gasteiger partial charge on any atom is -0.508 e. The van der Waals surface area contributed by atoms with Crippen LogP contribution in [0.4, 0.5) is 0 Å². The van der Waals surface area contributed by atoms with E-state index in [1.165, 1.54) is 4.90 Å². The fraction of sp³-hybridized carbons (Fsp3) is 0.682. The number of rotatable bonds is 13. The van der Waals surface area contributed by atoms with Gasteiger partial charge < -0.3 is 47.8 Å². The number of nitrogens with one attached hydrogen (secondary N) is 4. The predicted molar refractivity (Wildman–Crippen MR) is 227 cm³/mol. The van der Waals surface area contributed by atoms with Crippen molar-refractivity contribution in [1.82, 2.24) is 26.2 Å². The number of aromatic hydroxyl groups is 1. The highest BCUT2D eigenvalue weighted by Gasteiger charge is 2.41. The first-order valence-corrected chi connectivity index (χ1v) is 21.7. The SMILES string of the molecule is CC[C@H](C)[C@H](NC(=O)[C@H]1Cc2ccc(O)c(c2)CC=CCCCCCC[C@](C)(N)C(=O)N[C@@H](CCCCN)C(=O)N2CCC[C@H]2C(=O)N1)C(=O)N[C@@H](CC(C)C)C(=O)O. The fourth-order valence-corrected chi connectivity index (χ4v) is 7.68. The van der Waals surface area contributed by atoms with Crippen LogP contribution in [0.5, 0.6) is 5.75 Å². The van der Waals surface area contributed by atoms with Crippen molar-refractivity contribution in [2.45, 2.75) is 167 Å². The molecule has 15 nitrogen and oxygen atoms in total. The molecule has 2 heterocycles. The first kappa shape index (κ1) is 48.9. The lowest BCUT2D eigenvalue weighted by Gasteiger charge is -2.32. The van der Waals surface area contributed by atoms with Crippen LogP contribution in [-0.4, -0.2) is 99.5 Å². The van der Waals surface area contributed by atoms with Crippen LogP contribution in [0.15, 0.2) is 30.4 Å². The molecule has 59 heavy (non-hydrogen) atoms. The van der Waals surface area contributed by atoms with Crippen molar-refractivity contribution in [3.8, 4) is 5.75 Å². The molecule has 1 aromatic carbocycles. The highest BCUT2D eigenvalue weighted by molar-refractivity contribution is 5.97. The summed E-state index contributed by atoms with van der Waals surface area (Å²) in [5, 5.41) is 31.8. The number of carboxylic acids is 1. The number of nitrogens with zero attached hydrogens (tertiary/aromatic N) is 1. The molecular formula is C44H71N7O8. The van der Waals surface area contributed by atoms with Gasteiger partial charge in [0, 0.05) is 13.0 Å². The van der Waals surface area contributed by atoms with Crippen molar-refractivity contribution in [3.05, 3.63) is 41.5 Å².